The van der Waals surface area contributed by atoms with Gasteiger partial charge in [0.2, 0.25) is 0 Å². The van der Waals surface area contributed by atoms with Crippen molar-refractivity contribution in [1.29, 1.82) is 0 Å². The second-order valence-corrected chi connectivity index (χ2v) is 4.95. The van der Waals surface area contributed by atoms with Crippen LogP contribution in [0.15, 0.2) is 29.2 Å². The summed E-state index contributed by atoms with van der Waals surface area (Å²) in [4.78, 5) is 22.4. The highest BCUT2D eigenvalue weighted by molar-refractivity contribution is 8.00. The molecular formula is C12H15NO4S. The molecule has 0 spiro atoms. The van der Waals surface area contributed by atoms with Crippen LogP contribution in [-0.4, -0.2) is 23.3 Å². The lowest BCUT2D eigenvalue weighted by Gasteiger charge is -2.12. The van der Waals surface area contributed by atoms with Crippen molar-refractivity contribution in [1.82, 2.24) is 0 Å². The van der Waals surface area contributed by atoms with Crippen molar-refractivity contribution in [2.45, 2.75) is 29.9 Å². The third kappa shape index (κ3) is 4.03. The average Bonchev–Trinajstić information content (AvgIpc) is 2.38. The molecule has 6 heteroatoms. The van der Waals surface area contributed by atoms with E-state index < -0.39 is 4.92 Å². The van der Waals surface area contributed by atoms with Crippen molar-refractivity contribution in [2.75, 3.05) is 7.11 Å². The largest absolute Gasteiger partial charge is 0.468 e. The Kier molecular flexibility index (Phi) is 5.64. The van der Waals surface area contributed by atoms with Crippen LogP contribution in [0.2, 0.25) is 0 Å². The van der Waals surface area contributed by atoms with E-state index in [9.17, 15) is 14.9 Å². The van der Waals surface area contributed by atoms with Crippen LogP contribution < -0.4 is 0 Å². The molecule has 1 aromatic carbocycles. The van der Waals surface area contributed by atoms with Gasteiger partial charge in [0.05, 0.1) is 12.0 Å². The molecule has 0 aromatic heterocycles. The first-order valence-corrected chi connectivity index (χ1v) is 6.45. The number of rotatable bonds is 6. The number of hydrogen-bond donors (Lipinski definition) is 0. The van der Waals surface area contributed by atoms with Crippen LogP contribution in [0, 0.1) is 10.1 Å². The van der Waals surface area contributed by atoms with Gasteiger partial charge in [-0.3, -0.25) is 14.9 Å². The lowest BCUT2D eigenvalue weighted by atomic mass is 10.2. The van der Waals surface area contributed by atoms with Gasteiger partial charge in [0.25, 0.3) is 5.69 Å². The van der Waals surface area contributed by atoms with Crippen molar-refractivity contribution in [3.05, 3.63) is 34.4 Å². The normalized spacial score (nSPS) is 11.9. The van der Waals surface area contributed by atoms with Crippen LogP contribution in [0.5, 0.6) is 0 Å². The number of ether oxygens (including phenoxy) is 1. The monoisotopic (exact) mass is 269 g/mol. The van der Waals surface area contributed by atoms with Gasteiger partial charge >= 0.3 is 5.97 Å². The quantitative estimate of drug-likeness (QED) is 0.343. The number of esters is 1. The van der Waals surface area contributed by atoms with Gasteiger partial charge in [-0.25, -0.2) is 0 Å². The van der Waals surface area contributed by atoms with E-state index in [1.165, 1.54) is 31.0 Å². The summed E-state index contributed by atoms with van der Waals surface area (Å²) in [6.07, 6.45) is 1.59. The summed E-state index contributed by atoms with van der Waals surface area (Å²) in [6.45, 7) is 1.99. The minimum absolute atomic E-state index is 0.0458. The molecule has 98 valence electrons. The Bertz CT molecular complexity index is 419. The van der Waals surface area contributed by atoms with Crippen LogP contribution >= 0.6 is 11.8 Å². The molecule has 18 heavy (non-hydrogen) atoms. The molecular weight excluding hydrogens is 254 g/mol. The van der Waals surface area contributed by atoms with Crippen LogP contribution in [0.25, 0.3) is 0 Å². The zero-order chi connectivity index (χ0) is 13.5. The lowest BCUT2D eigenvalue weighted by molar-refractivity contribution is -0.384. The van der Waals surface area contributed by atoms with Crippen molar-refractivity contribution in [3.63, 3.8) is 0 Å². The molecule has 0 radical (unpaired) electrons. The summed E-state index contributed by atoms with van der Waals surface area (Å²) in [6, 6.07) is 6.16. The first-order chi connectivity index (χ1) is 8.58. The van der Waals surface area contributed by atoms with E-state index in [4.69, 9.17) is 4.74 Å². The number of nitro benzene ring substituents is 1. The van der Waals surface area contributed by atoms with Gasteiger partial charge in [0, 0.05) is 17.0 Å². The van der Waals surface area contributed by atoms with Gasteiger partial charge < -0.3 is 4.74 Å². The molecule has 1 aromatic rings. The van der Waals surface area contributed by atoms with Gasteiger partial charge in [-0.1, -0.05) is 13.3 Å². The van der Waals surface area contributed by atoms with Gasteiger partial charge in [0.1, 0.15) is 5.25 Å². The Morgan fingerprint density at radius 2 is 2.06 bits per heavy atom. The highest BCUT2D eigenvalue weighted by atomic mass is 32.2. The summed E-state index contributed by atoms with van der Waals surface area (Å²) in [5.41, 5.74) is 0.0458. The van der Waals surface area contributed by atoms with Crippen molar-refractivity contribution in [2.24, 2.45) is 0 Å². The zero-order valence-electron chi connectivity index (χ0n) is 10.3. The summed E-state index contributed by atoms with van der Waals surface area (Å²) in [7, 11) is 1.36. The fourth-order valence-corrected chi connectivity index (χ4v) is 2.60. The van der Waals surface area contributed by atoms with Gasteiger partial charge in [-0.15, -0.1) is 11.8 Å². The highest BCUT2D eigenvalue weighted by Crippen LogP contribution is 2.28. The number of methoxy groups -OCH3 is 1. The molecule has 0 saturated heterocycles. The zero-order valence-corrected chi connectivity index (χ0v) is 11.1. The molecule has 1 unspecified atom stereocenters. The number of nitrogens with zero attached hydrogens (tertiary/aromatic N) is 1. The van der Waals surface area contributed by atoms with Crippen molar-refractivity contribution < 1.29 is 14.5 Å². The molecule has 5 nitrogen and oxygen atoms in total. The Morgan fingerprint density at radius 1 is 1.44 bits per heavy atom. The van der Waals surface area contributed by atoms with Crippen LogP contribution in [0.1, 0.15) is 19.8 Å². The van der Waals surface area contributed by atoms with E-state index >= 15 is 0 Å². The molecule has 1 atom stereocenters. The number of thioether (sulfide) groups is 1. The first kappa shape index (κ1) is 14.5. The number of carbonyl (C=O) groups excluding carboxylic acids is 1. The summed E-state index contributed by atoms with van der Waals surface area (Å²) in [5, 5.41) is 10.3. The summed E-state index contributed by atoms with van der Waals surface area (Å²) >= 11 is 1.37. The topological polar surface area (TPSA) is 69.4 Å². The smallest absolute Gasteiger partial charge is 0.319 e. The lowest BCUT2D eigenvalue weighted by Crippen LogP contribution is -2.18. The standard InChI is InChI=1S/C12H15NO4S/c1-3-4-11(12(14)17-2)18-10-7-5-9(6-8-10)13(15)16/h5-8,11H,3-4H2,1-2H3. The third-order valence-corrected chi connectivity index (χ3v) is 3.60. The predicted octanol–water partition coefficient (Wildman–Crippen LogP) is 3.03. The maximum absolute atomic E-state index is 11.5. The predicted molar refractivity (Wildman–Crippen MR) is 69.7 cm³/mol. The number of benzene rings is 1. The molecule has 0 fully saturated rings. The van der Waals surface area contributed by atoms with E-state index in [0.717, 1.165) is 11.3 Å². The SMILES string of the molecule is CCCC(Sc1ccc([N+](=O)[O-])cc1)C(=O)OC. The Hall–Kier alpha value is -1.56. The van der Waals surface area contributed by atoms with Crippen molar-refractivity contribution in [3.8, 4) is 0 Å². The van der Waals surface area contributed by atoms with E-state index in [0.29, 0.717) is 6.42 Å². The van der Waals surface area contributed by atoms with E-state index in [1.807, 2.05) is 6.92 Å². The number of carbonyl (C=O) groups is 1. The Morgan fingerprint density at radius 3 is 2.50 bits per heavy atom. The number of non-ortho nitro benzene ring substituents is 1. The van der Waals surface area contributed by atoms with Crippen LogP contribution in [0.4, 0.5) is 5.69 Å². The molecule has 0 aliphatic rings. The molecule has 0 aliphatic carbocycles. The molecule has 0 bridgehead atoms. The second kappa shape index (κ2) is 7.00. The fourth-order valence-electron chi connectivity index (χ4n) is 1.43. The van der Waals surface area contributed by atoms with Gasteiger partial charge in [-0.2, -0.15) is 0 Å². The van der Waals surface area contributed by atoms with Crippen LogP contribution in [0.3, 0.4) is 0 Å². The first-order valence-electron chi connectivity index (χ1n) is 5.57. The fraction of sp³-hybridized carbons (Fsp3) is 0.417. The maximum atomic E-state index is 11.5. The summed E-state index contributed by atoms with van der Waals surface area (Å²) in [5.74, 6) is -0.264. The maximum Gasteiger partial charge on any atom is 0.319 e. The Labute approximate surface area is 110 Å². The molecule has 1 rings (SSSR count). The number of nitro groups is 1. The van der Waals surface area contributed by atoms with E-state index in [1.54, 1.807) is 12.1 Å². The Balaban J connectivity index is 2.74. The van der Waals surface area contributed by atoms with Gasteiger partial charge in [0.15, 0.2) is 0 Å². The molecule has 0 saturated carbocycles. The van der Waals surface area contributed by atoms with Crippen LogP contribution in [-0.2, 0) is 9.53 Å². The average molecular weight is 269 g/mol. The molecule has 0 aliphatic heterocycles. The third-order valence-electron chi connectivity index (χ3n) is 2.34. The molecule has 0 amide bonds. The molecule has 0 N–H and O–H groups in total. The highest BCUT2D eigenvalue weighted by Gasteiger charge is 2.19. The van der Waals surface area contributed by atoms with E-state index in [-0.39, 0.29) is 16.9 Å². The van der Waals surface area contributed by atoms with E-state index in [2.05, 4.69) is 0 Å². The number of hydrogen-bond acceptors (Lipinski definition) is 5. The van der Waals surface area contributed by atoms with Gasteiger partial charge in [-0.05, 0) is 18.6 Å². The second-order valence-electron chi connectivity index (χ2n) is 3.67. The van der Waals surface area contributed by atoms with Crippen molar-refractivity contribution >= 4 is 23.4 Å². The minimum Gasteiger partial charge on any atom is -0.468 e. The molecule has 0 heterocycles. The minimum atomic E-state index is -0.446. The summed E-state index contributed by atoms with van der Waals surface area (Å²) < 4.78 is 4.73.